The van der Waals surface area contributed by atoms with Crippen molar-refractivity contribution in [1.29, 1.82) is 0 Å². The van der Waals surface area contributed by atoms with Crippen molar-refractivity contribution in [3.8, 4) is 0 Å². The molecule has 126 valence electrons. The number of nitrogens with one attached hydrogen (secondary N) is 2. The van der Waals surface area contributed by atoms with Gasteiger partial charge in [0.15, 0.2) is 0 Å². The monoisotopic (exact) mass is 365 g/mol. The summed E-state index contributed by atoms with van der Waals surface area (Å²) < 4.78 is 25.3. The summed E-state index contributed by atoms with van der Waals surface area (Å²) in [5.74, 6) is 0.153. The number of anilines is 3. The quantitative estimate of drug-likeness (QED) is 0.873. The van der Waals surface area contributed by atoms with Gasteiger partial charge in [0, 0.05) is 22.9 Å². The number of halogens is 1. The molecule has 1 aliphatic rings. The molecule has 6 nitrogen and oxygen atoms in total. The molecule has 1 saturated heterocycles. The topological polar surface area (TPSA) is 78.5 Å². The van der Waals surface area contributed by atoms with Gasteiger partial charge < -0.3 is 10.6 Å². The Morgan fingerprint density at radius 2 is 1.71 bits per heavy atom. The lowest BCUT2D eigenvalue weighted by Crippen LogP contribution is -2.25. The molecule has 2 N–H and O–H groups in total. The predicted octanol–water partition coefficient (Wildman–Crippen LogP) is 3.52. The Morgan fingerprint density at radius 1 is 1.04 bits per heavy atom. The zero-order chi connectivity index (χ0) is 17.2. The fourth-order valence-corrected chi connectivity index (χ4v) is 4.27. The fraction of sp³-hybridized carbons (Fsp3) is 0.188. The third-order valence-corrected chi connectivity index (χ3v) is 5.68. The Hall–Kier alpha value is -2.25. The minimum atomic E-state index is -3.25. The summed E-state index contributed by atoms with van der Waals surface area (Å²) in [6.45, 7) is 0.459. The van der Waals surface area contributed by atoms with Gasteiger partial charge in [-0.15, -0.1) is 0 Å². The number of urea groups is 1. The van der Waals surface area contributed by atoms with Gasteiger partial charge in [-0.2, -0.15) is 0 Å². The van der Waals surface area contributed by atoms with Gasteiger partial charge in [0.25, 0.3) is 0 Å². The average Bonchev–Trinajstić information content (AvgIpc) is 2.87. The number of rotatable bonds is 3. The fourth-order valence-electron chi connectivity index (χ4n) is 2.53. The summed E-state index contributed by atoms with van der Waals surface area (Å²) >= 11 is 5.87. The van der Waals surface area contributed by atoms with Crippen molar-refractivity contribution in [2.75, 3.05) is 27.2 Å². The van der Waals surface area contributed by atoms with E-state index >= 15 is 0 Å². The van der Waals surface area contributed by atoms with Gasteiger partial charge >= 0.3 is 6.03 Å². The summed E-state index contributed by atoms with van der Waals surface area (Å²) in [4.78, 5) is 12.1. The summed E-state index contributed by atoms with van der Waals surface area (Å²) in [6.07, 6.45) is 0.606. The van der Waals surface area contributed by atoms with E-state index in [0.717, 1.165) is 0 Å². The summed E-state index contributed by atoms with van der Waals surface area (Å²) in [5.41, 5.74) is 1.63. The highest BCUT2D eigenvalue weighted by atomic mass is 35.5. The smallest absolute Gasteiger partial charge is 0.308 e. The summed E-state index contributed by atoms with van der Waals surface area (Å²) in [5, 5.41) is 5.88. The molecule has 0 bridgehead atoms. The van der Waals surface area contributed by atoms with Gasteiger partial charge in [-0.3, -0.25) is 4.31 Å². The molecule has 0 radical (unpaired) electrons. The molecule has 8 heteroatoms. The van der Waals surface area contributed by atoms with Crippen molar-refractivity contribution in [2.45, 2.75) is 6.42 Å². The highest BCUT2D eigenvalue weighted by Gasteiger charge is 2.28. The van der Waals surface area contributed by atoms with E-state index in [0.29, 0.717) is 35.1 Å². The Kier molecular flexibility index (Phi) is 4.64. The van der Waals surface area contributed by atoms with Gasteiger partial charge in [-0.1, -0.05) is 23.7 Å². The van der Waals surface area contributed by atoms with Crippen LogP contribution in [-0.2, 0) is 10.0 Å². The van der Waals surface area contributed by atoms with Gasteiger partial charge in [-0.05, 0) is 42.8 Å². The Labute approximate surface area is 145 Å². The molecule has 1 aliphatic heterocycles. The van der Waals surface area contributed by atoms with Crippen LogP contribution in [0.15, 0.2) is 48.5 Å². The number of benzene rings is 2. The highest BCUT2D eigenvalue weighted by Crippen LogP contribution is 2.26. The highest BCUT2D eigenvalue weighted by molar-refractivity contribution is 7.93. The Morgan fingerprint density at radius 3 is 2.33 bits per heavy atom. The molecule has 24 heavy (non-hydrogen) atoms. The van der Waals surface area contributed by atoms with Crippen LogP contribution in [0.4, 0.5) is 21.9 Å². The second-order valence-electron chi connectivity index (χ2n) is 5.38. The molecule has 0 saturated carbocycles. The van der Waals surface area contributed by atoms with Crippen LogP contribution < -0.4 is 14.9 Å². The molecule has 0 aromatic heterocycles. The number of sulfonamides is 1. The lowest BCUT2D eigenvalue weighted by molar-refractivity contribution is 0.262. The number of nitrogens with zero attached hydrogens (tertiary/aromatic N) is 1. The molecule has 0 unspecified atom stereocenters. The van der Waals surface area contributed by atoms with Crippen LogP contribution in [0.5, 0.6) is 0 Å². The van der Waals surface area contributed by atoms with Gasteiger partial charge in [-0.25, -0.2) is 13.2 Å². The molecule has 1 fully saturated rings. The van der Waals surface area contributed by atoms with Crippen LogP contribution >= 0.6 is 11.6 Å². The first kappa shape index (κ1) is 16.6. The molecule has 0 atom stereocenters. The Bertz CT molecular complexity index is 870. The maximum atomic E-state index is 12.1. The first-order valence-electron chi connectivity index (χ1n) is 7.38. The van der Waals surface area contributed by atoms with E-state index in [9.17, 15) is 13.2 Å². The lowest BCUT2D eigenvalue weighted by atomic mass is 10.2. The van der Waals surface area contributed by atoms with Crippen molar-refractivity contribution in [3.63, 3.8) is 0 Å². The number of hydrogen-bond donors (Lipinski definition) is 2. The SMILES string of the molecule is O=C(Nc1cccc(Cl)c1)Nc1cccc(N2CCCS2(=O)=O)c1. The van der Waals surface area contributed by atoms with E-state index in [1.165, 1.54) is 4.31 Å². The molecule has 2 amide bonds. The van der Waals surface area contributed by atoms with Crippen LogP contribution in [0, 0.1) is 0 Å². The van der Waals surface area contributed by atoms with Crippen LogP contribution in [0.3, 0.4) is 0 Å². The molecule has 0 spiro atoms. The predicted molar refractivity (Wildman–Crippen MR) is 96.3 cm³/mol. The van der Waals surface area contributed by atoms with Crippen LogP contribution in [0.1, 0.15) is 6.42 Å². The standard InChI is InChI=1S/C16H16ClN3O3S/c17-12-4-1-5-13(10-12)18-16(21)19-14-6-2-7-15(11-14)20-8-3-9-24(20,22)23/h1-2,4-7,10-11H,3,8-9H2,(H2,18,19,21). The minimum absolute atomic E-state index is 0.153. The zero-order valence-electron chi connectivity index (χ0n) is 12.7. The largest absolute Gasteiger partial charge is 0.323 e. The summed E-state index contributed by atoms with van der Waals surface area (Å²) in [6, 6.07) is 13.1. The van der Waals surface area contributed by atoms with Crippen LogP contribution in [-0.4, -0.2) is 26.7 Å². The summed E-state index contributed by atoms with van der Waals surface area (Å²) in [7, 11) is -3.25. The first-order chi connectivity index (χ1) is 11.4. The molecule has 2 aromatic rings. The van der Waals surface area contributed by atoms with Gasteiger partial charge in [0.1, 0.15) is 0 Å². The molecular formula is C16H16ClN3O3S. The first-order valence-corrected chi connectivity index (χ1v) is 9.37. The Balaban J connectivity index is 1.72. The number of carbonyl (C=O) groups excluding carboxylic acids is 1. The van der Waals surface area contributed by atoms with Crippen LogP contribution in [0.2, 0.25) is 5.02 Å². The van der Waals surface area contributed by atoms with Crippen molar-refractivity contribution in [1.82, 2.24) is 0 Å². The second-order valence-corrected chi connectivity index (χ2v) is 7.83. The molecule has 0 aliphatic carbocycles. The van der Waals surface area contributed by atoms with E-state index < -0.39 is 16.1 Å². The van der Waals surface area contributed by atoms with Crippen molar-refractivity contribution in [2.24, 2.45) is 0 Å². The normalized spacial score (nSPS) is 16.0. The minimum Gasteiger partial charge on any atom is -0.308 e. The van der Waals surface area contributed by atoms with Gasteiger partial charge in [0.2, 0.25) is 10.0 Å². The van der Waals surface area contributed by atoms with Crippen molar-refractivity contribution >= 4 is 44.7 Å². The van der Waals surface area contributed by atoms with E-state index in [1.807, 2.05) is 0 Å². The van der Waals surface area contributed by atoms with Crippen molar-refractivity contribution < 1.29 is 13.2 Å². The third kappa shape index (κ3) is 3.80. The lowest BCUT2D eigenvalue weighted by Gasteiger charge is -2.18. The average molecular weight is 366 g/mol. The van der Waals surface area contributed by atoms with Gasteiger partial charge in [0.05, 0.1) is 11.4 Å². The van der Waals surface area contributed by atoms with E-state index in [-0.39, 0.29) is 5.75 Å². The molecule has 3 rings (SSSR count). The van der Waals surface area contributed by atoms with E-state index in [4.69, 9.17) is 11.6 Å². The second kappa shape index (κ2) is 6.70. The number of carbonyl (C=O) groups is 1. The zero-order valence-corrected chi connectivity index (χ0v) is 14.3. The van der Waals surface area contributed by atoms with E-state index in [1.54, 1.807) is 48.5 Å². The number of amides is 2. The maximum Gasteiger partial charge on any atom is 0.323 e. The van der Waals surface area contributed by atoms with E-state index in [2.05, 4.69) is 10.6 Å². The number of hydrogen-bond acceptors (Lipinski definition) is 3. The molecular weight excluding hydrogens is 350 g/mol. The molecule has 2 aromatic carbocycles. The van der Waals surface area contributed by atoms with Crippen molar-refractivity contribution in [3.05, 3.63) is 53.6 Å². The van der Waals surface area contributed by atoms with Crippen LogP contribution in [0.25, 0.3) is 0 Å². The molecule has 1 heterocycles. The third-order valence-electron chi connectivity index (χ3n) is 3.57. The maximum absolute atomic E-state index is 12.1.